The standard InChI is InChI=1S/C73H138O6/c1-4-7-10-13-16-19-22-24-26-28-29-30-31-32-33-34-35-36-37-38-39-40-41-42-43-44-45-46-48-49-51-54-57-60-63-66-72(75)78-69-70(68-77-71(74)65-62-59-56-53-21-18-15-12-9-6-3)79-73(76)67-64-61-58-55-52-50-47-27-25-23-20-17-14-11-8-5-2/h12,15,28-29,70H,4-11,13-14,16-27,30-69H2,1-3H3/b15-12-,29-28-. The van der Waals surface area contributed by atoms with E-state index in [0.717, 1.165) is 70.6 Å². The predicted octanol–water partition coefficient (Wildman–Crippen LogP) is 24.6. The molecule has 0 saturated carbocycles. The highest BCUT2D eigenvalue weighted by atomic mass is 16.6. The maximum atomic E-state index is 12.9. The van der Waals surface area contributed by atoms with Crippen LogP contribution in [0.4, 0.5) is 0 Å². The van der Waals surface area contributed by atoms with Gasteiger partial charge in [-0.3, -0.25) is 14.4 Å². The van der Waals surface area contributed by atoms with Gasteiger partial charge in [-0.25, -0.2) is 0 Å². The Labute approximate surface area is 493 Å². The van der Waals surface area contributed by atoms with E-state index < -0.39 is 6.10 Å². The van der Waals surface area contributed by atoms with Crippen LogP contribution in [0.3, 0.4) is 0 Å². The van der Waals surface area contributed by atoms with E-state index in [1.54, 1.807) is 0 Å². The second kappa shape index (κ2) is 68.4. The topological polar surface area (TPSA) is 78.9 Å². The third-order valence-electron chi connectivity index (χ3n) is 16.4. The van der Waals surface area contributed by atoms with Gasteiger partial charge in [0.15, 0.2) is 6.10 Å². The molecule has 0 aliphatic carbocycles. The number of hydrogen-bond donors (Lipinski definition) is 0. The number of rotatable bonds is 67. The Morgan fingerprint density at radius 1 is 0.241 bits per heavy atom. The highest BCUT2D eigenvalue weighted by molar-refractivity contribution is 5.71. The monoisotopic (exact) mass is 1110 g/mol. The van der Waals surface area contributed by atoms with E-state index in [4.69, 9.17) is 14.2 Å². The molecule has 0 rings (SSSR count). The van der Waals surface area contributed by atoms with Crippen molar-refractivity contribution < 1.29 is 28.6 Å². The summed E-state index contributed by atoms with van der Waals surface area (Å²) < 4.78 is 16.9. The van der Waals surface area contributed by atoms with Gasteiger partial charge in [0.2, 0.25) is 0 Å². The van der Waals surface area contributed by atoms with Gasteiger partial charge in [0.1, 0.15) is 13.2 Å². The van der Waals surface area contributed by atoms with Crippen molar-refractivity contribution in [1.82, 2.24) is 0 Å². The Morgan fingerprint density at radius 3 is 0.684 bits per heavy atom. The molecule has 79 heavy (non-hydrogen) atoms. The molecule has 0 aliphatic heterocycles. The number of esters is 3. The van der Waals surface area contributed by atoms with E-state index in [9.17, 15) is 14.4 Å². The minimum absolute atomic E-state index is 0.0674. The highest BCUT2D eigenvalue weighted by Crippen LogP contribution is 2.19. The van der Waals surface area contributed by atoms with Crippen molar-refractivity contribution in [2.24, 2.45) is 0 Å². The number of hydrogen-bond acceptors (Lipinski definition) is 6. The first kappa shape index (κ1) is 76.9. The van der Waals surface area contributed by atoms with Crippen molar-refractivity contribution in [3.8, 4) is 0 Å². The summed E-state index contributed by atoms with van der Waals surface area (Å²) in [5.74, 6) is -0.850. The first-order chi connectivity index (χ1) is 39.0. The molecule has 6 nitrogen and oxygen atoms in total. The lowest BCUT2D eigenvalue weighted by Crippen LogP contribution is -2.30. The van der Waals surface area contributed by atoms with Gasteiger partial charge in [-0.15, -0.1) is 0 Å². The number of carbonyl (C=O) groups is 3. The molecule has 0 aromatic carbocycles. The minimum Gasteiger partial charge on any atom is -0.462 e. The normalized spacial score (nSPS) is 12.1. The molecule has 0 aromatic rings. The summed E-state index contributed by atoms with van der Waals surface area (Å²) >= 11 is 0. The van der Waals surface area contributed by atoms with Gasteiger partial charge in [-0.1, -0.05) is 347 Å². The first-order valence-corrected chi connectivity index (χ1v) is 35.8. The third-order valence-corrected chi connectivity index (χ3v) is 16.4. The van der Waals surface area contributed by atoms with Crippen LogP contribution in [-0.4, -0.2) is 37.2 Å². The van der Waals surface area contributed by atoms with Gasteiger partial charge in [0.05, 0.1) is 0 Å². The molecule has 0 aromatic heterocycles. The van der Waals surface area contributed by atoms with Crippen molar-refractivity contribution in [2.75, 3.05) is 13.2 Å². The van der Waals surface area contributed by atoms with Crippen molar-refractivity contribution in [2.45, 2.75) is 412 Å². The molecule has 0 fully saturated rings. The van der Waals surface area contributed by atoms with E-state index in [-0.39, 0.29) is 31.1 Å². The molecule has 1 unspecified atom stereocenters. The van der Waals surface area contributed by atoms with Crippen LogP contribution in [0.25, 0.3) is 0 Å². The Bertz CT molecular complexity index is 1270. The van der Waals surface area contributed by atoms with Crippen LogP contribution in [0, 0.1) is 0 Å². The lowest BCUT2D eigenvalue weighted by Gasteiger charge is -2.18. The Balaban J connectivity index is 3.98. The summed E-state index contributed by atoms with van der Waals surface area (Å²) in [5, 5.41) is 0. The fourth-order valence-corrected chi connectivity index (χ4v) is 11.0. The largest absolute Gasteiger partial charge is 0.462 e. The molecular weight excluding hydrogens is 973 g/mol. The molecule has 0 heterocycles. The molecule has 1 atom stereocenters. The molecule has 466 valence electrons. The average molecular weight is 1110 g/mol. The summed E-state index contributed by atoms with van der Waals surface area (Å²) in [4.78, 5) is 38.2. The highest BCUT2D eigenvalue weighted by Gasteiger charge is 2.19. The van der Waals surface area contributed by atoms with Gasteiger partial charge in [-0.05, 0) is 64.2 Å². The maximum Gasteiger partial charge on any atom is 0.306 e. The van der Waals surface area contributed by atoms with Crippen LogP contribution in [-0.2, 0) is 28.6 Å². The lowest BCUT2D eigenvalue weighted by atomic mass is 10.0. The molecule has 0 aliphatic rings. The summed E-state index contributed by atoms with van der Waals surface area (Å²) in [5.41, 5.74) is 0. The first-order valence-electron chi connectivity index (χ1n) is 35.8. The van der Waals surface area contributed by atoms with Gasteiger partial charge in [-0.2, -0.15) is 0 Å². The number of ether oxygens (including phenoxy) is 3. The summed E-state index contributed by atoms with van der Waals surface area (Å²) in [6.07, 6.45) is 83.9. The maximum absolute atomic E-state index is 12.9. The fourth-order valence-electron chi connectivity index (χ4n) is 11.0. The van der Waals surface area contributed by atoms with E-state index in [0.29, 0.717) is 19.3 Å². The Hall–Kier alpha value is -2.11. The van der Waals surface area contributed by atoms with E-state index in [2.05, 4.69) is 45.1 Å². The zero-order chi connectivity index (χ0) is 57.1. The van der Waals surface area contributed by atoms with Crippen LogP contribution >= 0.6 is 0 Å². The molecule has 0 radical (unpaired) electrons. The SMILES string of the molecule is CCC/C=C\CCCCCCCC(=O)OCC(COC(=O)CCCCCCCCCCCCCCCCCCCCCCCCC/C=C\CCCCCCCCCC)OC(=O)CCCCCCCCCCCCCCCCCC. The second-order valence-corrected chi connectivity index (χ2v) is 24.5. The molecule has 0 amide bonds. The van der Waals surface area contributed by atoms with Gasteiger partial charge in [0.25, 0.3) is 0 Å². The van der Waals surface area contributed by atoms with Crippen LogP contribution in [0.15, 0.2) is 24.3 Å². The van der Waals surface area contributed by atoms with E-state index in [1.807, 2.05) is 0 Å². The summed E-state index contributed by atoms with van der Waals surface area (Å²) in [7, 11) is 0. The van der Waals surface area contributed by atoms with Crippen LogP contribution in [0.2, 0.25) is 0 Å². The van der Waals surface area contributed by atoms with Crippen molar-refractivity contribution in [1.29, 1.82) is 0 Å². The third kappa shape index (κ3) is 66.6. The second-order valence-electron chi connectivity index (χ2n) is 24.5. The van der Waals surface area contributed by atoms with Gasteiger partial charge >= 0.3 is 17.9 Å². The van der Waals surface area contributed by atoms with Gasteiger partial charge in [0, 0.05) is 19.3 Å². The quantitative estimate of drug-likeness (QED) is 0.0261. The smallest absolute Gasteiger partial charge is 0.306 e. The zero-order valence-electron chi connectivity index (χ0n) is 53.7. The molecule has 0 bridgehead atoms. The summed E-state index contributed by atoms with van der Waals surface area (Å²) in [6.45, 7) is 6.64. The van der Waals surface area contributed by atoms with Crippen LogP contribution in [0.1, 0.15) is 406 Å². The lowest BCUT2D eigenvalue weighted by molar-refractivity contribution is -0.167. The molecule has 0 saturated heterocycles. The van der Waals surface area contributed by atoms with Crippen molar-refractivity contribution in [3.05, 3.63) is 24.3 Å². The van der Waals surface area contributed by atoms with Gasteiger partial charge < -0.3 is 14.2 Å². The van der Waals surface area contributed by atoms with E-state index in [1.165, 1.54) is 295 Å². The van der Waals surface area contributed by atoms with Crippen LogP contribution in [0.5, 0.6) is 0 Å². The number of unbranched alkanes of at least 4 members (excludes halogenated alkanes) is 52. The zero-order valence-corrected chi connectivity index (χ0v) is 53.7. The molecular formula is C73H138O6. The average Bonchev–Trinajstić information content (AvgIpc) is 3.45. The summed E-state index contributed by atoms with van der Waals surface area (Å²) in [6, 6.07) is 0. The fraction of sp³-hybridized carbons (Fsp3) is 0.904. The van der Waals surface area contributed by atoms with E-state index >= 15 is 0 Å². The minimum atomic E-state index is -0.769. The Kier molecular flexibility index (Phi) is 66.6. The molecule has 0 spiro atoms. The van der Waals surface area contributed by atoms with Crippen LogP contribution < -0.4 is 0 Å². The van der Waals surface area contributed by atoms with Crippen molar-refractivity contribution in [3.63, 3.8) is 0 Å². The Morgan fingerprint density at radius 2 is 0.443 bits per heavy atom. The number of allylic oxidation sites excluding steroid dienone is 4. The van der Waals surface area contributed by atoms with Crippen molar-refractivity contribution >= 4 is 17.9 Å². The predicted molar refractivity (Wildman–Crippen MR) is 344 cm³/mol. The molecule has 0 N–H and O–H groups in total. The molecule has 6 heteroatoms. The number of carbonyl (C=O) groups excluding carboxylic acids is 3.